The zero-order valence-electron chi connectivity index (χ0n) is 12.6. The third-order valence-corrected chi connectivity index (χ3v) is 4.55. The normalized spacial score (nSPS) is 13.0. The molecule has 1 atom stereocenters. The fourth-order valence-corrected chi connectivity index (χ4v) is 3.00. The Morgan fingerprint density at radius 3 is 2.36 bits per heavy atom. The van der Waals surface area contributed by atoms with Gasteiger partial charge < -0.3 is 10.4 Å². The predicted molar refractivity (Wildman–Crippen MR) is 87.5 cm³/mol. The van der Waals surface area contributed by atoms with Gasteiger partial charge in [-0.25, -0.2) is 8.42 Å². The Labute approximate surface area is 131 Å². The fourth-order valence-electron chi connectivity index (χ4n) is 2.32. The van der Waals surface area contributed by atoms with Gasteiger partial charge in [-0.15, -0.1) is 0 Å². The van der Waals surface area contributed by atoms with Gasteiger partial charge in [0.05, 0.1) is 10.9 Å². The number of hydrogen-bond acceptors (Lipinski definition) is 4. The van der Waals surface area contributed by atoms with Crippen LogP contribution >= 0.6 is 0 Å². The van der Waals surface area contributed by atoms with E-state index in [-0.39, 0.29) is 12.6 Å². The van der Waals surface area contributed by atoms with Crippen molar-refractivity contribution in [2.45, 2.75) is 17.4 Å². The SMILES string of the molecule is CS(=O)(=O)c1cccc(C(NCCCO)c2ccccc2)c1. The van der Waals surface area contributed by atoms with Crippen LogP contribution in [-0.2, 0) is 9.84 Å². The van der Waals surface area contributed by atoms with Gasteiger partial charge in [0.1, 0.15) is 0 Å². The van der Waals surface area contributed by atoms with Gasteiger partial charge in [0.2, 0.25) is 0 Å². The van der Waals surface area contributed by atoms with Crippen molar-refractivity contribution in [2.75, 3.05) is 19.4 Å². The summed E-state index contributed by atoms with van der Waals surface area (Å²) in [6.07, 6.45) is 1.86. The van der Waals surface area contributed by atoms with Crippen LogP contribution in [0.15, 0.2) is 59.5 Å². The lowest BCUT2D eigenvalue weighted by Gasteiger charge is -2.20. The van der Waals surface area contributed by atoms with Gasteiger partial charge in [-0.05, 0) is 36.2 Å². The second-order valence-electron chi connectivity index (χ2n) is 5.22. The molecule has 0 aromatic heterocycles. The summed E-state index contributed by atoms with van der Waals surface area (Å²) in [6.45, 7) is 0.775. The average Bonchev–Trinajstić information content (AvgIpc) is 2.52. The molecule has 0 aliphatic rings. The maximum atomic E-state index is 11.8. The van der Waals surface area contributed by atoms with Crippen molar-refractivity contribution in [3.8, 4) is 0 Å². The number of aliphatic hydroxyl groups excluding tert-OH is 1. The molecule has 118 valence electrons. The van der Waals surface area contributed by atoms with Gasteiger partial charge in [-0.2, -0.15) is 0 Å². The third kappa shape index (κ3) is 4.40. The van der Waals surface area contributed by atoms with Crippen molar-refractivity contribution in [2.24, 2.45) is 0 Å². The van der Waals surface area contributed by atoms with Crippen LogP contribution in [0.3, 0.4) is 0 Å². The molecule has 4 nitrogen and oxygen atoms in total. The summed E-state index contributed by atoms with van der Waals surface area (Å²) in [7, 11) is -3.23. The first-order valence-corrected chi connectivity index (χ1v) is 9.10. The summed E-state index contributed by atoms with van der Waals surface area (Å²) in [5, 5.41) is 12.3. The lowest BCUT2D eigenvalue weighted by Crippen LogP contribution is -2.24. The van der Waals surface area contributed by atoms with Crippen LogP contribution in [0.1, 0.15) is 23.6 Å². The molecule has 1 unspecified atom stereocenters. The Kier molecular flexibility index (Phi) is 5.71. The highest BCUT2D eigenvalue weighted by atomic mass is 32.2. The van der Waals surface area contributed by atoms with E-state index in [9.17, 15) is 8.42 Å². The van der Waals surface area contributed by atoms with Gasteiger partial charge in [-0.3, -0.25) is 0 Å². The lowest BCUT2D eigenvalue weighted by atomic mass is 9.98. The highest BCUT2D eigenvalue weighted by Crippen LogP contribution is 2.24. The Balaban J connectivity index is 2.36. The Bertz CT molecular complexity index is 699. The largest absolute Gasteiger partial charge is 0.396 e. The second kappa shape index (κ2) is 7.54. The lowest BCUT2D eigenvalue weighted by molar-refractivity contribution is 0.284. The van der Waals surface area contributed by atoms with E-state index >= 15 is 0 Å². The molecule has 0 fully saturated rings. The molecule has 22 heavy (non-hydrogen) atoms. The predicted octanol–water partition coefficient (Wildman–Crippen LogP) is 2.15. The molecule has 0 heterocycles. The molecular weight excluding hydrogens is 298 g/mol. The maximum Gasteiger partial charge on any atom is 0.175 e. The first-order chi connectivity index (χ1) is 10.5. The molecule has 2 aromatic carbocycles. The standard InChI is InChI=1S/C17H21NO3S/c1-22(20,21)16-10-5-9-15(13-16)17(18-11-6-12-19)14-7-3-2-4-8-14/h2-5,7-10,13,17-19H,6,11-12H2,1H3. The third-order valence-electron chi connectivity index (χ3n) is 3.44. The van der Waals surface area contributed by atoms with Crippen molar-refractivity contribution in [3.63, 3.8) is 0 Å². The summed E-state index contributed by atoms with van der Waals surface area (Å²) < 4.78 is 23.5. The summed E-state index contributed by atoms with van der Waals surface area (Å²) in [5.41, 5.74) is 1.96. The van der Waals surface area contributed by atoms with E-state index in [1.165, 1.54) is 6.26 Å². The second-order valence-corrected chi connectivity index (χ2v) is 7.24. The smallest absolute Gasteiger partial charge is 0.175 e. The van der Waals surface area contributed by atoms with Crippen molar-refractivity contribution in [1.82, 2.24) is 5.32 Å². The molecule has 0 saturated carbocycles. The van der Waals surface area contributed by atoms with Gasteiger partial charge in [0.25, 0.3) is 0 Å². The topological polar surface area (TPSA) is 66.4 Å². The van der Waals surface area contributed by atoms with E-state index in [1.54, 1.807) is 18.2 Å². The minimum atomic E-state index is -3.23. The molecule has 5 heteroatoms. The molecule has 0 aliphatic carbocycles. The minimum absolute atomic E-state index is 0.102. The van der Waals surface area contributed by atoms with E-state index in [0.717, 1.165) is 11.1 Å². The Morgan fingerprint density at radius 1 is 1.05 bits per heavy atom. The van der Waals surface area contributed by atoms with Crippen LogP contribution in [0, 0.1) is 0 Å². The van der Waals surface area contributed by atoms with Crippen molar-refractivity contribution >= 4 is 9.84 Å². The van der Waals surface area contributed by atoms with Crippen molar-refractivity contribution in [1.29, 1.82) is 0 Å². The molecule has 0 saturated heterocycles. The van der Waals surface area contributed by atoms with Crippen LogP contribution in [-0.4, -0.2) is 32.9 Å². The van der Waals surface area contributed by atoms with E-state index in [1.807, 2.05) is 36.4 Å². The number of hydrogen-bond donors (Lipinski definition) is 2. The molecular formula is C17H21NO3S. The zero-order chi connectivity index (χ0) is 16.0. The molecule has 0 spiro atoms. The van der Waals surface area contributed by atoms with E-state index < -0.39 is 9.84 Å². The summed E-state index contributed by atoms with van der Waals surface area (Å²) in [5.74, 6) is 0. The Hall–Kier alpha value is -1.69. The minimum Gasteiger partial charge on any atom is -0.396 e. The Morgan fingerprint density at radius 2 is 1.73 bits per heavy atom. The van der Waals surface area contributed by atoms with Gasteiger partial charge in [0.15, 0.2) is 9.84 Å². The van der Waals surface area contributed by atoms with Crippen molar-refractivity contribution < 1.29 is 13.5 Å². The van der Waals surface area contributed by atoms with E-state index in [2.05, 4.69) is 5.32 Å². The highest BCUT2D eigenvalue weighted by molar-refractivity contribution is 7.90. The molecule has 2 N–H and O–H groups in total. The van der Waals surface area contributed by atoms with Crippen LogP contribution in [0.2, 0.25) is 0 Å². The molecule has 2 aromatic rings. The van der Waals surface area contributed by atoms with Crippen LogP contribution < -0.4 is 5.32 Å². The molecule has 0 aliphatic heterocycles. The molecule has 0 bridgehead atoms. The zero-order valence-corrected chi connectivity index (χ0v) is 13.4. The quantitative estimate of drug-likeness (QED) is 0.768. The first-order valence-electron chi connectivity index (χ1n) is 7.21. The van der Waals surface area contributed by atoms with Gasteiger partial charge >= 0.3 is 0 Å². The number of nitrogens with one attached hydrogen (secondary N) is 1. The van der Waals surface area contributed by atoms with Gasteiger partial charge in [-0.1, -0.05) is 42.5 Å². The number of aliphatic hydroxyl groups is 1. The van der Waals surface area contributed by atoms with Crippen LogP contribution in [0.5, 0.6) is 0 Å². The maximum absolute atomic E-state index is 11.8. The number of benzene rings is 2. The first kappa shape index (κ1) is 16.7. The average molecular weight is 319 g/mol. The molecule has 2 rings (SSSR count). The monoisotopic (exact) mass is 319 g/mol. The van der Waals surface area contributed by atoms with E-state index in [0.29, 0.717) is 17.9 Å². The van der Waals surface area contributed by atoms with Crippen LogP contribution in [0.25, 0.3) is 0 Å². The summed E-state index contributed by atoms with van der Waals surface area (Å²) in [4.78, 5) is 0.315. The number of sulfone groups is 1. The summed E-state index contributed by atoms with van der Waals surface area (Å²) in [6, 6.07) is 16.7. The fraction of sp³-hybridized carbons (Fsp3) is 0.294. The highest BCUT2D eigenvalue weighted by Gasteiger charge is 2.15. The molecule has 0 radical (unpaired) electrons. The van der Waals surface area contributed by atoms with E-state index in [4.69, 9.17) is 5.11 Å². The van der Waals surface area contributed by atoms with Crippen LogP contribution in [0.4, 0.5) is 0 Å². The van der Waals surface area contributed by atoms with Gasteiger partial charge in [0, 0.05) is 12.9 Å². The summed E-state index contributed by atoms with van der Waals surface area (Å²) >= 11 is 0. The van der Waals surface area contributed by atoms with Crippen molar-refractivity contribution in [3.05, 3.63) is 65.7 Å². The molecule has 0 amide bonds. The number of rotatable bonds is 7.